The molecule has 106 valence electrons. The second-order valence-electron chi connectivity index (χ2n) is 4.10. The van der Waals surface area contributed by atoms with Crippen molar-refractivity contribution in [1.29, 1.82) is 0 Å². The van der Waals surface area contributed by atoms with Crippen LogP contribution in [0, 0.1) is 6.92 Å². The summed E-state index contributed by atoms with van der Waals surface area (Å²) in [5.41, 5.74) is 1.26. The minimum atomic E-state index is -3.67. The maximum atomic E-state index is 12.2. The van der Waals surface area contributed by atoms with Gasteiger partial charge in [0, 0.05) is 24.2 Å². The van der Waals surface area contributed by atoms with E-state index < -0.39 is 10.0 Å². The predicted octanol–water partition coefficient (Wildman–Crippen LogP) is 2.21. The van der Waals surface area contributed by atoms with E-state index in [9.17, 15) is 13.2 Å². The molecule has 20 heavy (non-hydrogen) atoms. The van der Waals surface area contributed by atoms with Crippen LogP contribution in [0.4, 0.5) is 10.8 Å². The molecule has 0 unspecified atom stereocenters. The molecule has 2 N–H and O–H groups in total. The molecule has 0 bridgehead atoms. The van der Waals surface area contributed by atoms with E-state index in [2.05, 4.69) is 15.0 Å². The maximum Gasteiger partial charge on any atom is 0.263 e. The molecule has 0 aliphatic heterocycles. The standard InChI is InChI=1S/C12H13N3O3S2/c1-8-7-10(3-4-11(8)14-9(2)16)20(17,18)15-12-13-5-6-19-12/h3-7H,1-2H3,(H,13,15)(H,14,16). The number of aromatic nitrogens is 1. The molecule has 6 nitrogen and oxygen atoms in total. The molecule has 0 saturated heterocycles. The lowest BCUT2D eigenvalue weighted by molar-refractivity contribution is -0.114. The largest absolute Gasteiger partial charge is 0.326 e. The van der Waals surface area contributed by atoms with Gasteiger partial charge in [0.1, 0.15) is 0 Å². The smallest absolute Gasteiger partial charge is 0.263 e. The summed E-state index contributed by atoms with van der Waals surface area (Å²) in [5, 5.41) is 4.63. The van der Waals surface area contributed by atoms with E-state index in [1.165, 1.54) is 36.6 Å². The molecule has 1 aromatic carbocycles. The summed E-state index contributed by atoms with van der Waals surface area (Å²) in [6.07, 6.45) is 1.52. The van der Waals surface area contributed by atoms with E-state index in [4.69, 9.17) is 0 Å². The predicted molar refractivity (Wildman–Crippen MR) is 78.4 cm³/mol. The molecule has 2 rings (SSSR count). The normalized spacial score (nSPS) is 11.1. The average Bonchev–Trinajstić information content (AvgIpc) is 2.83. The second kappa shape index (κ2) is 5.59. The highest BCUT2D eigenvalue weighted by atomic mass is 32.2. The fourth-order valence-electron chi connectivity index (χ4n) is 1.58. The maximum absolute atomic E-state index is 12.2. The third-order valence-electron chi connectivity index (χ3n) is 2.47. The minimum absolute atomic E-state index is 0.124. The first kappa shape index (κ1) is 14.5. The van der Waals surface area contributed by atoms with Crippen LogP contribution in [-0.4, -0.2) is 19.3 Å². The summed E-state index contributed by atoms with van der Waals surface area (Å²) < 4.78 is 26.7. The van der Waals surface area contributed by atoms with Gasteiger partial charge in [-0.1, -0.05) is 0 Å². The first-order chi connectivity index (χ1) is 9.38. The molecule has 8 heteroatoms. The van der Waals surface area contributed by atoms with Crippen molar-refractivity contribution in [3.8, 4) is 0 Å². The number of rotatable bonds is 4. The third kappa shape index (κ3) is 3.34. The fraction of sp³-hybridized carbons (Fsp3) is 0.167. The van der Waals surface area contributed by atoms with Crippen LogP contribution in [-0.2, 0) is 14.8 Å². The van der Waals surface area contributed by atoms with Crippen LogP contribution in [0.15, 0.2) is 34.7 Å². The Morgan fingerprint density at radius 3 is 2.65 bits per heavy atom. The quantitative estimate of drug-likeness (QED) is 0.906. The first-order valence-corrected chi connectivity index (χ1v) is 8.05. The van der Waals surface area contributed by atoms with Gasteiger partial charge in [0.2, 0.25) is 5.91 Å². The molecule has 0 saturated carbocycles. The number of amides is 1. The van der Waals surface area contributed by atoms with Gasteiger partial charge in [0.05, 0.1) is 4.90 Å². The van der Waals surface area contributed by atoms with Crippen LogP contribution in [0.1, 0.15) is 12.5 Å². The summed E-state index contributed by atoms with van der Waals surface area (Å²) in [7, 11) is -3.67. The summed E-state index contributed by atoms with van der Waals surface area (Å²) in [5.74, 6) is -0.204. The SMILES string of the molecule is CC(=O)Nc1ccc(S(=O)(=O)Nc2nccs2)cc1C. The Labute approximate surface area is 120 Å². The van der Waals surface area contributed by atoms with Crippen LogP contribution < -0.4 is 10.0 Å². The average molecular weight is 311 g/mol. The summed E-state index contributed by atoms with van der Waals surface area (Å²) >= 11 is 1.20. The van der Waals surface area contributed by atoms with Crippen LogP contribution in [0.2, 0.25) is 0 Å². The minimum Gasteiger partial charge on any atom is -0.326 e. The van der Waals surface area contributed by atoms with Crippen molar-refractivity contribution in [2.45, 2.75) is 18.7 Å². The molecule has 1 aromatic heterocycles. The highest BCUT2D eigenvalue weighted by molar-refractivity contribution is 7.93. The van der Waals surface area contributed by atoms with Crippen molar-refractivity contribution >= 4 is 38.1 Å². The third-order valence-corrected chi connectivity index (χ3v) is 4.63. The lowest BCUT2D eigenvalue weighted by Gasteiger charge is -2.10. The van der Waals surface area contributed by atoms with Crippen molar-refractivity contribution in [2.75, 3.05) is 10.0 Å². The summed E-state index contributed by atoms with van der Waals surface area (Å²) in [4.78, 5) is 15.0. The van der Waals surface area contributed by atoms with Crippen molar-refractivity contribution in [1.82, 2.24) is 4.98 Å². The number of sulfonamides is 1. The van der Waals surface area contributed by atoms with Crippen LogP contribution in [0.5, 0.6) is 0 Å². The van der Waals surface area contributed by atoms with Crippen LogP contribution in [0.25, 0.3) is 0 Å². The van der Waals surface area contributed by atoms with E-state index >= 15 is 0 Å². The zero-order chi connectivity index (χ0) is 14.8. The number of benzene rings is 1. The van der Waals surface area contributed by atoms with Crippen molar-refractivity contribution < 1.29 is 13.2 Å². The van der Waals surface area contributed by atoms with E-state index in [1.807, 2.05) is 0 Å². The van der Waals surface area contributed by atoms with Gasteiger partial charge in [-0.05, 0) is 30.7 Å². The van der Waals surface area contributed by atoms with Gasteiger partial charge in [0.25, 0.3) is 10.0 Å². The number of anilines is 2. The van der Waals surface area contributed by atoms with E-state index in [0.29, 0.717) is 16.4 Å². The topological polar surface area (TPSA) is 88.2 Å². The zero-order valence-corrected chi connectivity index (χ0v) is 12.5. The monoisotopic (exact) mass is 311 g/mol. The van der Waals surface area contributed by atoms with Gasteiger partial charge in [0.15, 0.2) is 5.13 Å². The Balaban J connectivity index is 2.29. The van der Waals surface area contributed by atoms with Crippen molar-refractivity contribution in [3.05, 3.63) is 35.3 Å². The lowest BCUT2D eigenvalue weighted by Crippen LogP contribution is -2.13. The van der Waals surface area contributed by atoms with E-state index in [-0.39, 0.29) is 10.8 Å². The van der Waals surface area contributed by atoms with Gasteiger partial charge < -0.3 is 5.32 Å². The Bertz CT molecular complexity index is 724. The van der Waals surface area contributed by atoms with E-state index in [1.54, 1.807) is 18.4 Å². The van der Waals surface area contributed by atoms with Gasteiger partial charge in [-0.15, -0.1) is 11.3 Å². The molecule has 0 aliphatic carbocycles. The fourth-order valence-corrected chi connectivity index (χ4v) is 3.45. The number of hydrogen-bond acceptors (Lipinski definition) is 5. The van der Waals surface area contributed by atoms with Gasteiger partial charge >= 0.3 is 0 Å². The first-order valence-electron chi connectivity index (χ1n) is 5.69. The molecular weight excluding hydrogens is 298 g/mol. The Morgan fingerprint density at radius 2 is 2.10 bits per heavy atom. The molecule has 0 aliphatic rings. The summed E-state index contributed by atoms with van der Waals surface area (Å²) in [6, 6.07) is 4.50. The Hall–Kier alpha value is -1.93. The van der Waals surface area contributed by atoms with Crippen molar-refractivity contribution in [2.24, 2.45) is 0 Å². The number of thiazole rings is 1. The van der Waals surface area contributed by atoms with Gasteiger partial charge in [-0.2, -0.15) is 0 Å². The number of nitrogens with one attached hydrogen (secondary N) is 2. The molecule has 0 spiro atoms. The molecule has 1 amide bonds. The number of hydrogen-bond donors (Lipinski definition) is 2. The van der Waals surface area contributed by atoms with Crippen LogP contribution in [0.3, 0.4) is 0 Å². The number of carbonyl (C=O) groups excluding carboxylic acids is 1. The van der Waals surface area contributed by atoms with Crippen molar-refractivity contribution in [3.63, 3.8) is 0 Å². The van der Waals surface area contributed by atoms with Gasteiger partial charge in [-0.3, -0.25) is 9.52 Å². The molecule has 0 radical (unpaired) electrons. The number of carbonyl (C=O) groups is 1. The Morgan fingerprint density at radius 1 is 1.35 bits per heavy atom. The number of nitrogens with zero attached hydrogens (tertiary/aromatic N) is 1. The molecule has 0 atom stereocenters. The summed E-state index contributed by atoms with van der Waals surface area (Å²) in [6.45, 7) is 3.13. The zero-order valence-electron chi connectivity index (χ0n) is 10.9. The number of aryl methyl sites for hydroxylation is 1. The highest BCUT2D eigenvalue weighted by Gasteiger charge is 2.16. The Kier molecular flexibility index (Phi) is 4.05. The molecular formula is C12H13N3O3S2. The van der Waals surface area contributed by atoms with E-state index in [0.717, 1.165) is 0 Å². The lowest BCUT2D eigenvalue weighted by atomic mass is 10.2. The molecule has 0 fully saturated rings. The molecule has 2 aromatic rings. The second-order valence-corrected chi connectivity index (χ2v) is 6.68. The van der Waals surface area contributed by atoms with Crippen LogP contribution >= 0.6 is 11.3 Å². The molecule has 1 heterocycles. The van der Waals surface area contributed by atoms with Gasteiger partial charge in [-0.25, -0.2) is 13.4 Å². The highest BCUT2D eigenvalue weighted by Crippen LogP contribution is 2.22.